The normalized spacial score (nSPS) is 32.7. The minimum atomic E-state index is -1.19. The SMILES string of the molecule is COc1ccc(O[C@@H]2O[C@@H](CO)[C@@H](O)[C@H](OC)[C@H]2O)cc1. The molecule has 21 heavy (non-hydrogen) atoms. The Bertz CT molecular complexity index is 435. The van der Waals surface area contributed by atoms with Crippen LogP contribution >= 0.6 is 0 Å². The van der Waals surface area contributed by atoms with E-state index >= 15 is 0 Å². The van der Waals surface area contributed by atoms with E-state index in [1.165, 1.54) is 7.11 Å². The van der Waals surface area contributed by atoms with Crippen LogP contribution in [0.15, 0.2) is 24.3 Å². The van der Waals surface area contributed by atoms with Crippen LogP contribution in [-0.4, -0.2) is 66.9 Å². The molecule has 0 bridgehead atoms. The maximum Gasteiger partial charge on any atom is 0.229 e. The highest BCUT2D eigenvalue weighted by Crippen LogP contribution is 2.26. The summed E-state index contributed by atoms with van der Waals surface area (Å²) in [7, 11) is 2.92. The quantitative estimate of drug-likeness (QED) is 0.676. The van der Waals surface area contributed by atoms with Gasteiger partial charge in [-0.1, -0.05) is 0 Å². The van der Waals surface area contributed by atoms with Gasteiger partial charge in [0.25, 0.3) is 0 Å². The molecule has 1 heterocycles. The average Bonchev–Trinajstić information content (AvgIpc) is 2.51. The monoisotopic (exact) mass is 300 g/mol. The molecule has 1 fully saturated rings. The second-order valence-electron chi connectivity index (χ2n) is 4.70. The Morgan fingerprint density at radius 3 is 2.19 bits per heavy atom. The minimum Gasteiger partial charge on any atom is -0.497 e. The van der Waals surface area contributed by atoms with Gasteiger partial charge < -0.3 is 34.3 Å². The second kappa shape index (κ2) is 7.06. The fourth-order valence-electron chi connectivity index (χ4n) is 2.22. The van der Waals surface area contributed by atoms with Crippen molar-refractivity contribution in [2.24, 2.45) is 0 Å². The molecule has 7 nitrogen and oxygen atoms in total. The highest BCUT2D eigenvalue weighted by Gasteiger charge is 2.45. The predicted molar refractivity (Wildman–Crippen MR) is 72.2 cm³/mol. The van der Waals surface area contributed by atoms with E-state index in [2.05, 4.69) is 0 Å². The third-order valence-electron chi connectivity index (χ3n) is 3.41. The van der Waals surface area contributed by atoms with Gasteiger partial charge >= 0.3 is 0 Å². The Labute approximate surface area is 122 Å². The van der Waals surface area contributed by atoms with Crippen molar-refractivity contribution in [3.05, 3.63) is 24.3 Å². The molecular formula is C14H20O7. The lowest BCUT2D eigenvalue weighted by Crippen LogP contribution is -2.60. The summed E-state index contributed by atoms with van der Waals surface area (Å²) in [6.45, 7) is -0.407. The van der Waals surface area contributed by atoms with Gasteiger partial charge in [-0.25, -0.2) is 0 Å². The summed E-state index contributed by atoms with van der Waals surface area (Å²) in [5.74, 6) is 1.13. The molecule has 1 saturated heterocycles. The van der Waals surface area contributed by atoms with E-state index in [1.807, 2.05) is 0 Å². The van der Waals surface area contributed by atoms with Gasteiger partial charge in [0.05, 0.1) is 13.7 Å². The molecule has 0 radical (unpaired) electrons. The largest absolute Gasteiger partial charge is 0.497 e. The van der Waals surface area contributed by atoms with Crippen molar-refractivity contribution in [2.75, 3.05) is 20.8 Å². The van der Waals surface area contributed by atoms with Crippen molar-refractivity contribution in [1.82, 2.24) is 0 Å². The minimum absolute atomic E-state index is 0.407. The fourth-order valence-corrected chi connectivity index (χ4v) is 2.22. The number of benzene rings is 1. The highest BCUT2D eigenvalue weighted by molar-refractivity contribution is 5.31. The third-order valence-corrected chi connectivity index (χ3v) is 3.41. The van der Waals surface area contributed by atoms with Gasteiger partial charge in [0.2, 0.25) is 6.29 Å². The number of hydrogen-bond acceptors (Lipinski definition) is 7. The van der Waals surface area contributed by atoms with Crippen molar-refractivity contribution in [2.45, 2.75) is 30.7 Å². The van der Waals surface area contributed by atoms with Crippen LogP contribution in [0.3, 0.4) is 0 Å². The van der Waals surface area contributed by atoms with Crippen LogP contribution in [0.1, 0.15) is 0 Å². The first kappa shape index (κ1) is 16.0. The van der Waals surface area contributed by atoms with E-state index in [4.69, 9.17) is 18.9 Å². The Balaban J connectivity index is 2.09. The number of ether oxygens (including phenoxy) is 4. The number of hydrogen-bond donors (Lipinski definition) is 3. The number of aliphatic hydroxyl groups is 3. The predicted octanol–water partition coefficient (Wildman–Crippen LogP) is -0.472. The topological polar surface area (TPSA) is 97.6 Å². The first-order chi connectivity index (χ1) is 10.1. The van der Waals surface area contributed by atoms with E-state index in [0.717, 1.165) is 0 Å². The zero-order chi connectivity index (χ0) is 15.4. The van der Waals surface area contributed by atoms with Crippen LogP contribution < -0.4 is 9.47 Å². The number of methoxy groups -OCH3 is 2. The van der Waals surface area contributed by atoms with Crippen molar-refractivity contribution in [1.29, 1.82) is 0 Å². The first-order valence-electron chi connectivity index (χ1n) is 6.56. The Morgan fingerprint density at radius 1 is 1.05 bits per heavy atom. The van der Waals surface area contributed by atoms with Gasteiger partial charge in [-0.2, -0.15) is 0 Å². The molecule has 0 saturated carbocycles. The molecule has 0 spiro atoms. The smallest absolute Gasteiger partial charge is 0.229 e. The summed E-state index contributed by atoms with van der Waals surface area (Å²) in [6, 6.07) is 6.73. The maximum absolute atomic E-state index is 10.1. The summed E-state index contributed by atoms with van der Waals surface area (Å²) in [4.78, 5) is 0. The summed E-state index contributed by atoms with van der Waals surface area (Å²) >= 11 is 0. The standard InChI is InChI=1S/C14H20O7/c1-18-8-3-5-9(6-4-8)20-14-12(17)13(19-2)11(16)10(7-15)21-14/h3-6,10-17H,7H2,1-2H3/t10-,11+,12+,13-,14+/m0/s1. The molecule has 1 aliphatic heterocycles. The third kappa shape index (κ3) is 3.45. The lowest BCUT2D eigenvalue weighted by atomic mass is 9.99. The lowest BCUT2D eigenvalue weighted by Gasteiger charge is -2.41. The Hall–Kier alpha value is -1.38. The molecule has 118 valence electrons. The van der Waals surface area contributed by atoms with E-state index in [0.29, 0.717) is 11.5 Å². The average molecular weight is 300 g/mol. The zero-order valence-electron chi connectivity index (χ0n) is 11.9. The summed E-state index contributed by atoms with van der Waals surface area (Å²) in [5, 5.41) is 29.3. The van der Waals surface area contributed by atoms with E-state index < -0.39 is 37.3 Å². The molecule has 1 aromatic rings. The Morgan fingerprint density at radius 2 is 1.67 bits per heavy atom. The molecular weight excluding hydrogens is 280 g/mol. The van der Waals surface area contributed by atoms with Crippen LogP contribution in [0.25, 0.3) is 0 Å². The fraction of sp³-hybridized carbons (Fsp3) is 0.571. The maximum atomic E-state index is 10.1. The van der Waals surface area contributed by atoms with Crippen LogP contribution in [0.5, 0.6) is 11.5 Å². The van der Waals surface area contributed by atoms with E-state index in [9.17, 15) is 15.3 Å². The van der Waals surface area contributed by atoms with Crippen molar-refractivity contribution < 1.29 is 34.3 Å². The van der Waals surface area contributed by atoms with Gasteiger partial charge in [0.1, 0.15) is 35.9 Å². The number of rotatable bonds is 5. The van der Waals surface area contributed by atoms with Crippen molar-refractivity contribution in [3.63, 3.8) is 0 Å². The van der Waals surface area contributed by atoms with Gasteiger partial charge in [-0.05, 0) is 24.3 Å². The highest BCUT2D eigenvalue weighted by atomic mass is 16.7. The molecule has 5 atom stereocenters. The molecule has 0 unspecified atom stereocenters. The van der Waals surface area contributed by atoms with Gasteiger partial charge in [0, 0.05) is 7.11 Å². The zero-order valence-corrected chi connectivity index (χ0v) is 11.9. The van der Waals surface area contributed by atoms with Gasteiger partial charge in [0.15, 0.2) is 0 Å². The molecule has 7 heteroatoms. The molecule has 2 rings (SSSR count). The number of aliphatic hydroxyl groups excluding tert-OH is 3. The van der Waals surface area contributed by atoms with Crippen LogP contribution in [0.4, 0.5) is 0 Å². The second-order valence-corrected chi connectivity index (χ2v) is 4.70. The van der Waals surface area contributed by atoms with Crippen LogP contribution in [-0.2, 0) is 9.47 Å². The van der Waals surface area contributed by atoms with Crippen LogP contribution in [0, 0.1) is 0 Å². The summed E-state index contributed by atoms with van der Waals surface area (Å²) in [5.41, 5.74) is 0. The first-order valence-corrected chi connectivity index (χ1v) is 6.56. The van der Waals surface area contributed by atoms with Crippen molar-refractivity contribution in [3.8, 4) is 11.5 Å². The van der Waals surface area contributed by atoms with Crippen LogP contribution in [0.2, 0.25) is 0 Å². The van der Waals surface area contributed by atoms with E-state index in [1.54, 1.807) is 31.4 Å². The molecule has 0 aromatic heterocycles. The van der Waals surface area contributed by atoms with E-state index in [-0.39, 0.29) is 0 Å². The molecule has 0 aliphatic carbocycles. The summed E-state index contributed by atoms with van der Waals surface area (Å²) < 4.78 is 21.0. The molecule has 0 amide bonds. The van der Waals surface area contributed by atoms with Gasteiger partial charge in [-0.3, -0.25) is 0 Å². The molecule has 3 N–H and O–H groups in total. The Kier molecular flexibility index (Phi) is 5.38. The lowest BCUT2D eigenvalue weighted by molar-refractivity contribution is -0.281. The molecule has 1 aromatic carbocycles. The van der Waals surface area contributed by atoms with Gasteiger partial charge in [-0.15, -0.1) is 0 Å². The molecule has 1 aliphatic rings. The summed E-state index contributed by atoms with van der Waals surface area (Å²) in [6.07, 6.45) is -5.16. The van der Waals surface area contributed by atoms with Crippen molar-refractivity contribution >= 4 is 0 Å².